The van der Waals surface area contributed by atoms with Crippen molar-refractivity contribution in [1.82, 2.24) is 4.57 Å². The maximum atomic E-state index is 13.5. The maximum absolute atomic E-state index is 13.5. The van der Waals surface area contributed by atoms with E-state index in [4.69, 9.17) is 14.2 Å². The number of carbonyl (C=O) groups excluding carboxylic acids is 1. The number of para-hydroxylation sites is 1. The second-order valence-electron chi connectivity index (χ2n) is 9.44. The van der Waals surface area contributed by atoms with E-state index in [0.29, 0.717) is 5.56 Å². The van der Waals surface area contributed by atoms with Gasteiger partial charge in [0.25, 0.3) is 11.2 Å². The Balaban J connectivity index is 1.70. The van der Waals surface area contributed by atoms with Crippen LogP contribution in [-0.4, -0.2) is 34.3 Å². The number of rotatable bonds is 9. The first-order valence-electron chi connectivity index (χ1n) is 13.2. The number of hydrogen-bond acceptors (Lipinski definition) is 10. The Morgan fingerprint density at radius 2 is 1.86 bits per heavy atom. The van der Waals surface area contributed by atoms with Crippen molar-refractivity contribution in [3.05, 3.63) is 119 Å². The third kappa shape index (κ3) is 5.77. The molecule has 1 aliphatic rings. The van der Waals surface area contributed by atoms with Crippen LogP contribution in [0.25, 0.3) is 11.8 Å². The Kier molecular flexibility index (Phi) is 8.39. The van der Waals surface area contributed by atoms with Crippen LogP contribution in [0.4, 0.5) is 5.69 Å². The van der Waals surface area contributed by atoms with Crippen LogP contribution >= 0.6 is 11.3 Å². The Labute approximate surface area is 249 Å². The average Bonchev–Trinajstić information content (AvgIpc) is 3.31. The molecule has 0 amide bonds. The monoisotopic (exact) mass is 601 g/mol. The molecule has 0 saturated carbocycles. The SMILES string of the molecule is CCOC(=O)C1=C(C)n2c(s/c(=C\c3ccccc3O)c2=O)=N[C@H]1c1cc(OC)c(OCc2ccccc2)cc1[N+](=O)[O-]. The minimum absolute atomic E-state index is 0.00939. The maximum Gasteiger partial charge on any atom is 0.338 e. The molecule has 11 nitrogen and oxygen atoms in total. The molecule has 0 bridgehead atoms. The smallest absolute Gasteiger partial charge is 0.338 e. The van der Waals surface area contributed by atoms with Gasteiger partial charge < -0.3 is 19.3 Å². The van der Waals surface area contributed by atoms with Gasteiger partial charge in [0.15, 0.2) is 16.3 Å². The zero-order valence-corrected chi connectivity index (χ0v) is 24.3. The molecular formula is C31H27N3O8S. The molecule has 1 atom stereocenters. The summed E-state index contributed by atoms with van der Waals surface area (Å²) in [4.78, 5) is 43.5. The summed E-state index contributed by atoms with van der Waals surface area (Å²) in [6.45, 7) is 3.38. The Morgan fingerprint density at radius 1 is 1.14 bits per heavy atom. The summed E-state index contributed by atoms with van der Waals surface area (Å²) in [6, 6.07) is 17.3. The Bertz CT molecular complexity index is 1930. The number of phenols is 1. The topological polar surface area (TPSA) is 142 Å². The van der Waals surface area contributed by atoms with Crippen LogP contribution in [-0.2, 0) is 16.1 Å². The number of hydrogen-bond donors (Lipinski definition) is 1. The highest BCUT2D eigenvalue weighted by Gasteiger charge is 2.36. The highest BCUT2D eigenvalue weighted by molar-refractivity contribution is 7.07. The fourth-order valence-corrected chi connectivity index (χ4v) is 5.77. The van der Waals surface area contributed by atoms with Crippen molar-refractivity contribution in [3.63, 3.8) is 0 Å². The molecule has 12 heteroatoms. The summed E-state index contributed by atoms with van der Waals surface area (Å²) in [5.41, 5.74) is 0.746. The predicted octanol–water partition coefficient (Wildman–Crippen LogP) is 4.11. The van der Waals surface area contributed by atoms with E-state index >= 15 is 0 Å². The van der Waals surface area contributed by atoms with Gasteiger partial charge >= 0.3 is 5.97 Å². The van der Waals surface area contributed by atoms with Crippen LogP contribution in [0, 0.1) is 10.1 Å². The lowest BCUT2D eigenvalue weighted by Gasteiger charge is -2.23. The summed E-state index contributed by atoms with van der Waals surface area (Å²) in [7, 11) is 1.41. The average molecular weight is 602 g/mol. The van der Waals surface area contributed by atoms with Crippen molar-refractivity contribution < 1.29 is 29.0 Å². The summed E-state index contributed by atoms with van der Waals surface area (Å²) in [5.74, 6) is -0.426. The Hall–Kier alpha value is -5.23. The van der Waals surface area contributed by atoms with Crippen molar-refractivity contribution in [3.8, 4) is 17.2 Å². The second kappa shape index (κ2) is 12.3. The van der Waals surface area contributed by atoms with Crippen molar-refractivity contribution >= 4 is 34.8 Å². The molecule has 5 rings (SSSR count). The molecule has 0 spiro atoms. The first-order chi connectivity index (χ1) is 20.7. The lowest BCUT2D eigenvalue weighted by molar-refractivity contribution is -0.385. The highest BCUT2D eigenvalue weighted by Crippen LogP contribution is 2.43. The standard InChI is InChI=1S/C31H27N3O8S/c1-4-41-30(37)27-18(2)33-29(36)26(14-20-12-8-9-13-23(20)35)43-31(33)32-28(27)21-15-24(40-3)25(16-22(21)34(38)39)42-17-19-10-6-5-7-11-19/h5-16,28,35H,4,17H2,1-3H3/b26-14-/t28-/m0/s1. The molecule has 220 valence electrons. The predicted molar refractivity (Wildman–Crippen MR) is 160 cm³/mol. The third-order valence-electron chi connectivity index (χ3n) is 6.80. The molecule has 1 aliphatic heterocycles. The van der Waals surface area contributed by atoms with Crippen LogP contribution in [0.2, 0.25) is 0 Å². The van der Waals surface area contributed by atoms with Gasteiger partial charge in [-0.05, 0) is 37.6 Å². The van der Waals surface area contributed by atoms with Gasteiger partial charge in [0.2, 0.25) is 0 Å². The van der Waals surface area contributed by atoms with Crippen molar-refractivity contribution in [2.24, 2.45) is 4.99 Å². The van der Waals surface area contributed by atoms with Gasteiger partial charge in [0.1, 0.15) is 18.4 Å². The molecule has 1 aromatic heterocycles. The van der Waals surface area contributed by atoms with Crippen LogP contribution < -0.4 is 24.4 Å². The van der Waals surface area contributed by atoms with E-state index in [9.17, 15) is 24.8 Å². The number of fused-ring (bicyclic) bond motifs is 1. The molecule has 4 aromatic rings. The van der Waals surface area contributed by atoms with E-state index in [-0.39, 0.29) is 62.3 Å². The molecule has 43 heavy (non-hydrogen) atoms. The third-order valence-corrected chi connectivity index (χ3v) is 7.79. The van der Waals surface area contributed by atoms with Gasteiger partial charge in [0, 0.05) is 11.3 Å². The summed E-state index contributed by atoms with van der Waals surface area (Å²) < 4.78 is 18.3. The number of aromatic nitrogens is 1. The number of benzene rings is 3. The minimum Gasteiger partial charge on any atom is -0.507 e. The number of nitro groups is 1. The van der Waals surface area contributed by atoms with Crippen LogP contribution in [0.15, 0.2) is 82.1 Å². The number of nitrogens with zero attached hydrogens (tertiary/aromatic N) is 3. The molecule has 0 saturated heterocycles. The highest BCUT2D eigenvalue weighted by atomic mass is 32.1. The number of phenolic OH excluding ortho intramolecular Hbond substituents is 1. The first kappa shape index (κ1) is 29.3. The van der Waals surface area contributed by atoms with Crippen molar-refractivity contribution in [1.29, 1.82) is 0 Å². The quantitative estimate of drug-likeness (QED) is 0.172. The number of esters is 1. The second-order valence-corrected chi connectivity index (χ2v) is 10.4. The minimum atomic E-state index is -1.19. The molecule has 0 radical (unpaired) electrons. The number of thiazole rings is 1. The summed E-state index contributed by atoms with van der Waals surface area (Å²) in [6.07, 6.45) is 1.53. The van der Waals surface area contributed by atoms with E-state index in [1.165, 1.54) is 36.0 Å². The van der Waals surface area contributed by atoms with Gasteiger partial charge in [-0.3, -0.25) is 19.5 Å². The molecule has 0 aliphatic carbocycles. The van der Waals surface area contributed by atoms with Gasteiger partial charge in [-0.2, -0.15) is 0 Å². The lowest BCUT2D eigenvalue weighted by atomic mass is 9.94. The summed E-state index contributed by atoms with van der Waals surface area (Å²) >= 11 is 1.03. The molecule has 0 unspecified atom stereocenters. The van der Waals surface area contributed by atoms with Gasteiger partial charge in [-0.15, -0.1) is 0 Å². The summed E-state index contributed by atoms with van der Waals surface area (Å²) in [5, 5.41) is 22.6. The number of allylic oxidation sites excluding steroid dienone is 1. The molecule has 2 heterocycles. The van der Waals surface area contributed by atoms with E-state index in [0.717, 1.165) is 16.9 Å². The van der Waals surface area contributed by atoms with E-state index in [1.54, 1.807) is 32.0 Å². The lowest BCUT2D eigenvalue weighted by Crippen LogP contribution is -2.35. The first-order valence-corrected chi connectivity index (χ1v) is 14.1. The van der Waals surface area contributed by atoms with Gasteiger partial charge in [-0.1, -0.05) is 59.9 Å². The number of nitro benzene ring substituents is 1. The van der Waals surface area contributed by atoms with Crippen LogP contribution in [0.3, 0.4) is 0 Å². The molecular weight excluding hydrogens is 574 g/mol. The molecule has 3 aromatic carbocycles. The largest absolute Gasteiger partial charge is 0.507 e. The Morgan fingerprint density at radius 3 is 2.53 bits per heavy atom. The van der Waals surface area contributed by atoms with Crippen LogP contribution in [0.1, 0.15) is 36.6 Å². The zero-order chi connectivity index (χ0) is 30.7. The zero-order valence-electron chi connectivity index (χ0n) is 23.5. The fraction of sp³-hybridized carbons (Fsp3) is 0.194. The van der Waals surface area contributed by atoms with Gasteiger partial charge in [-0.25, -0.2) is 9.79 Å². The number of aromatic hydroxyl groups is 1. The van der Waals surface area contributed by atoms with Crippen LogP contribution in [0.5, 0.6) is 17.2 Å². The van der Waals surface area contributed by atoms with E-state index in [1.807, 2.05) is 30.3 Å². The van der Waals surface area contributed by atoms with Crippen molar-refractivity contribution in [2.45, 2.75) is 26.5 Å². The number of methoxy groups -OCH3 is 1. The molecule has 1 N–H and O–H groups in total. The van der Waals surface area contributed by atoms with Crippen molar-refractivity contribution in [2.75, 3.05) is 13.7 Å². The van der Waals surface area contributed by atoms with Gasteiger partial charge in [0.05, 0.1) is 40.4 Å². The van der Waals surface area contributed by atoms with E-state index < -0.39 is 22.5 Å². The fourth-order valence-electron chi connectivity index (χ4n) is 4.74. The molecule has 0 fully saturated rings. The number of ether oxygens (including phenoxy) is 3. The van der Waals surface area contributed by atoms with E-state index in [2.05, 4.69) is 4.99 Å². The normalized spacial score (nSPS) is 14.6. The number of carbonyl (C=O) groups is 1.